The molecule has 2 N–H and O–H groups in total. The summed E-state index contributed by atoms with van der Waals surface area (Å²) in [5, 5.41) is 6.54. The van der Waals surface area contributed by atoms with Gasteiger partial charge in [0.2, 0.25) is 0 Å². The lowest BCUT2D eigenvalue weighted by molar-refractivity contribution is 0.395. The minimum Gasteiger partial charge on any atom is -0.497 e. The van der Waals surface area contributed by atoms with E-state index in [1.807, 2.05) is 55.5 Å². The zero-order chi connectivity index (χ0) is 19.2. The molecular weight excluding hydrogens is 344 g/mol. The van der Waals surface area contributed by atoms with Crippen LogP contribution in [-0.4, -0.2) is 31.3 Å². The Morgan fingerprint density at radius 2 is 1.33 bits per heavy atom. The first-order valence-electron chi connectivity index (χ1n) is 8.37. The molecule has 0 saturated heterocycles. The van der Waals surface area contributed by atoms with Gasteiger partial charge in [-0.05, 0) is 31.2 Å². The van der Waals surface area contributed by atoms with Gasteiger partial charge in [0, 0.05) is 12.1 Å². The molecule has 3 aromatic rings. The molecular formula is C20H22N4O3. The molecule has 0 spiro atoms. The molecule has 7 heteroatoms. The fourth-order valence-corrected chi connectivity index (χ4v) is 2.62. The van der Waals surface area contributed by atoms with Gasteiger partial charge in [-0.1, -0.05) is 12.1 Å². The predicted octanol–water partition coefficient (Wildman–Crippen LogP) is 4.30. The molecule has 0 unspecified atom stereocenters. The van der Waals surface area contributed by atoms with E-state index in [2.05, 4.69) is 20.6 Å². The van der Waals surface area contributed by atoms with Gasteiger partial charge in [-0.15, -0.1) is 0 Å². The van der Waals surface area contributed by atoms with Crippen molar-refractivity contribution in [1.29, 1.82) is 0 Å². The number of aromatic nitrogens is 2. The standard InChI is InChI=1S/C20H22N4O3/c1-13-21-19(23-15-7-5-6-8-17(15)26-3)12-20(22-13)24-16-10-9-14(25-2)11-18(16)27-4/h5-12H,1-4H3,(H2,21,22,23,24). The highest BCUT2D eigenvalue weighted by Crippen LogP contribution is 2.32. The van der Waals surface area contributed by atoms with Gasteiger partial charge in [0.25, 0.3) is 0 Å². The van der Waals surface area contributed by atoms with Crippen molar-refractivity contribution in [3.63, 3.8) is 0 Å². The van der Waals surface area contributed by atoms with Crippen molar-refractivity contribution in [3.05, 3.63) is 54.4 Å². The van der Waals surface area contributed by atoms with Crippen LogP contribution >= 0.6 is 0 Å². The van der Waals surface area contributed by atoms with E-state index in [0.717, 1.165) is 22.9 Å². The number of ether oxygens (including phenoxy) is 3. The summed E-state index contributed by atoms with van der Waals surface area (Å²) in [7, 11) is 4.86. The maximum absolute atomic E-state index is 5.43. The second-order valence-electron chi connectivity index (χ2n) is 5.70. The Morgan fingerprint density at radius 1 is 0.704 bits per heavy atom. The van der Waals surface area contributed by atoms with Crippen LogP contribution in [0.5, 0.6) is 17.2 Å². The van der Waals surface area contributed by atoms with E-state index < -0.39 is 0 Å². The second kappa shape index (κ2) is 8.27. The molecule has 27 heavy (non-hydrogen) atoms. The zero-order valence-electron chi connectivity index (χ0n) is 15.7. The van der Waals surface area contributed by atoms with Crippen LogP contribution in [0, 0.1) is 6.92 Å². The highest BCUT2D eigenvalue weighted by Gasteiger charge is 2.09. The van der Waals surface area contributed by atoms with Crippen LogP contribution < -0.4 is 24.8 Å². The van der Waals surface area contributed by atoms with Crippen LogP contribution in [0.25, 0.3) is 0 Å². The van der Waals surface area contributed by atoms with Crippen molar-refractivity contribution in [3.8, 4) is 17.2 Å². The van der Waals surface area contributed by atoms with E-state index >= 15 is 0 Å². The number of methoxy groups -OCH3 is 3. The number of aryl methyl sites for hydroxylation is 1. The first-order valence-corrected chi connectivity index (χ1v) is 8.37. The molecule has 3 rings (SSSR count). The molecule has 0 saturated carbocycles. The molecule has 0 fully saturated rings. The monoisotopic (exact) mass is 366 g/mol. The average Bonchev–Trinajstić information content (AvgIpc) is 2.68. The van der Waals surface area contributed by atoms with Crippen molar-refractivity contribution in [2.24, 2.45) is 0 Å². The lowest BCUT2D eigenvalue weighted by atomic mass is 10.2. The number of nitrogens with zero attached hydrogens (tertiary/aromatic N) is 2. The summed E-state index contributed by atoms with van der Waals surface area (Å²) in [6, 6.07) is 15.0. The molecule has 0 aliphatic rings. The third-order valence-corrected chi connectivity index (χ3v) is 3.88. The Bertz CT molecular complexity index is 931. The minimum atomic E-state index is 0.630. The fraction of sp³-hybridized carbons (Fsp3) is 0.200. The second-order valence-corrected chi connectivity index (χ2v) is 5.70. The smallest absolute Gasteiger partial charge is 0.146 e. The SMILES string of the molecule is COc1ccc(Nc2cc(Nc3ccccc3OC)nc(C)n2)c(OC)c1. The van der Waals surface area contributed by atoms with E-state index in [1.165, 1.54) is 0 Å². The summed E-state index contributed by atoms with van der Waals surface area (Å²) in [5.41, 5.74) is 1.60. The molecule has 0 bridgehead atoms. The molecule has 0 atom stereocenters. The molecule has 0 amide bonds. The van der Waals surface area contributed by atoms with Gasteiger partial charge in [0.05, 0.1) is 32.7 Å². The van der Waals surface area contributed by atoms with Crippen molar-refractivity contribution in [1.82, 2.24) is 9.97 Å². The summed E-state index contributed by atoms with van der Waals surface area (Å²) < 4.78 is 16.0. The van der Waals surface area contributed by atoms with Crippen molar-refractivity contribution >= 4 is 23.0 Å². The Balaban J connectivity index is 1.88. The fourth-order valence-electron chi connectivity index (χ4n) is 2.62. The summed E-state index contributed by atoms with van der Waals surface area (Å²) in [6.45, 7) is 1.84. The van der Waals surface area contributed by atoms with E-state index in [9.17, 15) is 0 Å². The highest BCUT2D eigenvalue weighted by molar-refractivity contribution is 5.69. The summed E-state index contributed by atoms with van der Waals surface area (Å²) in [5.74, 6) is 4.04. The molecule has 1 heterocycles. The maximum atomic E-state index is 5.43. The molecule has 140 valence electrons. The third kappa shape index (κ3) is 4.38. The Morgan fingerprint density at radius 3 is 1.96 bits per heavy atom. The van der Waals surface area contributed by atoms with Gasteiger partial charge in [-0.3, -0.25) is 0 Å². The summed E-state index contributed by atoms with van der Waals surface area (Å²) >= 11 is 0. The predicted molar refractivity (Wildman–Crippen MR) is 106 cm³/mol. The van der Waals surface area contributed by atoms with Crippen LogP contribution in [0.2, 0.25) is 0 Å². The third-order valence-electron chi connectivity index (χ3n) is 3.88. The van der Waals surface area contributed by atoms with E-state index in [0.29, 0.717) is 23.2 Å². The molecule has 1 aromatic heterocycles. The van der Waals surface area contributed by atoms with Crippen LogP contribution in [0.1, 0.15) is 5.82 Å². The van der Waals surface area contributed by atoms with Crippen molar-refractivity contribution < 1.29 is 14.2 Å². The zero-order valence-corrected chi connectivity index (χ0v) is 15.7. The van der Waals surface area contributed by atoms with Gasteiger partial charge < -0.3 is 24.8 Å². The van der Waals surface area contributed by atoms with Crippen LogP contribution in [0.3, 0.4) is 0 Å². The highest BCUT2D eigenvalue weighted by atomic mass is 16.5. The molecule has 0 aliphatic carbocycles. The quantitative estimate of drug-likeness (QED) is 0.645. The number of anilines is 4. The number of hydrogen-bond donors (Lipinski definition) is 2. The van der Waals surface area contributed by atoms with E-state index in [4.69, 9.17) is 14.2 Å². The maximum Gasteiger partial charge on any atom is 0.146 e. The topological polar surface area (TPSA) is 77.5 Å². The average molecular weight is 366 g/mol. The van der Waals surface area contributed by atoms with Gasteiger partial charge in [-0.25, -0.2) is 9.97 Å². The van der Waals surface area contributed by atoms with E-state index in [1.54, 1.807) is 21.3 Å². The van der Waals surface area contributed by atoms with E-state index in [-0.39, 0.29) is 0 Å². The van der Waals surface area contributed by atoms with Gasteiger partial charge in [0.15, 0.2) is 0 Å². The number of nitrogens with one attached hydrogen (secondary N) is 2. The molecule has 7 nitrogen and oxygen atoms in total. The number of benzene rings is 2. The Labute approximate surface area is 158 Å². The van der Waals surface area contributed by atoms with Crippen LogP contribution in [0.15, 0.2) is 48.5 Å². The first-order chi connectivity index (χ1) is 13.1. The number of hydrogen-bond acceptors (Lipinski definition) is 7. The normalized spacial score (nSPS) is 10.2. The van der Waals surface area contributed by atoms with Crippen molar-refractivity contribution in [2.45, 2.75) is 6.92 Å². The minimum absolute atomic E-state index is 0.630. The number of rotatable bonds is 7. The molecule has 0 aliphatic heterocycles. The van der Waals surface area contributed by atoms with Crippen LogP contribution in [0.4, 0.5) is 23.0 Å². The largest absolute Gasteiger partial charge is 0.497 e. The Hall–Kier alpha value is -3.48. The van der Waals surface area contributed by atoms with Gasteiger partial charge in [-0.2, -0.15) is 0 Å². The lowest BCUT2D eigenvalue weighted by Crippen LogP contribution is -2.03. The summed E-state index contributed by atoms with van der Waals surface area (Å²) in [6.07, 6.45) is 0. The first kappa shape index (κ1) is 18.3. The van der Waals surface area contributed by atoms with Crippen molar-refractivity contribution in [2.75, 3.05) is 32.0 Å². The molecule has 0 radical (unpaired) electrons. The summed E-state index contributed by atoms with van der Waals surface area (Å²) in [4.78, 5) is 8.90. The molecule has 2 aromatic carbocycles. The lowest BCUT2D eigenvalue weighted by Gasteiger charge is -2.14. The number of para-hydroxylation sites is 2. The van der Waals surface area contributed by atoms with Gasteiger partial charge >= 0.3 is 0 Å². The van der Waals surface area contributed by atoms with Gasteiger partial charge in [0.1, 0.15) is 34.7 Å². The van der Waals surface area contributed by atoms with Crippen LogP contribution in [-0.2, 0) is 0 Å². The Kier molecular flexibility index (Phi) is 5.61.